The Kier molecular flexibility index (Phi) is 4.70. The first-order chi connectivity index (χ1) is 10.3. The van der Waals surface area contributed by atoms with E-state index in [2.05, 4.69) is 61.1 Å². The van der Waals surface area contributed by atoms with Gasteiger partial charge in [0.05, 0.1) is 6.04 Å². The van der Waals surface area contributed by atoms with Crippen molar-refractivity contribution in [1.29, 1.82) is 0 Å². The second-order valence-corrected chi connectivity index (χ2v) is 6.49. The molecule has 0 aliphatic carbocycles. The molecule has 0 saturated carbocycles. The van der Waals surface area contributed by atoms with E-state index in [1.807, 2.05) is 6.07 Å². The van der Waals surface area contributed by atoms with Crippen molar-refractivity contribution in [2.24, 2.45) is 0 Å². The summed E-state index contributed by atoms with van der Waals surface area (Å²) < 4.78 is 3.45. The topological polar surface area (TPSA) is 42.7 Å². The van der Waals surface area contributed by atoms with Gasteiger partial charge in [0.25, 0.3) is 0 Å². The largest absolute Gasteiger partial charge is 0.314 e. The minimum atomic E-state index is 0.205. The highest BCUT2D eigenvalue weighted by atomic mass is 79.9. The Hall–Kier alpha value is -1.20. The number of benzene rings is 1. The number of nitrogens with one attached hydrogen (secondary N) is 1. The molecule has 1 aliphatic heterocycles. The van der Waals surface area contributed by atoms with Gasteiger partial charge in [0, 0.05) is 24.0 Å². The third-order valence-corrected chi connectivity index (χ3v) is 4.86. The molecule has 4 nitrogen and oxygen atoms in total. The van der Waals surface area contributed by atoms with E-state index >= 15 is 0 Å². The SMILES string of the molecule is CC(NCc1ccccc1Br)c1nnc2n1CCCCC2. The molecule has 5 heteroatoms. The molecule has 0 spiro atoms. The van der Waals surface area contributed by atoms with Crippen LogP contribution in [0.2, 0.25) is 0 Å². The second-order valence-electron chi connectivity index (χ2n) is 5.63. The molecule has 0 fully saturated rings. The van der Waals surface area contributed by atoms with Crippen molar-refractivity contribution in [2.75, 3.05) is 0 Å². The minimum absolute atomic E-state index is 0.205. The number of aromatic nitrogens is 3. The first-order valence-electron chi connectivity index (χ1n) is 7.64. The van der Waals surface area contributed by atoms with Gasteiger partial charge in [0.2, 0.25) is 0 Å². The molecular weight excluding hydrogens is 328 g/mol. The summed E-state index contributed by atoms with van der Waals surface area (Å²) in [5.74, 6) is 2.22. The highest BCUT2D eigenvalue weighted by Crippen LogP contribution is 2.20. The molecule has 0 bridgehead atoms. The van der Waals surface area contributed by atoms with Gasteiger partial charge < -0.3 is 9.88 Å². The zero-order chi connectivity index (χ0) is 14.7. The fourth-order valence-corrected chi connectivity index (χ4v) is 3.25. The van der Waals surface area contributed by atoms with E-state index < -0.39 is 0 Å². The van der Waals surface area contributed by atoms with Crippen molar-refractivity contribution in [1.82, 2.24) is 20.1 Å². The highest BCUT2D eigenvalue weighted by Gasteiger charge is 2.18. The van der Waals surface area contributed by atoms with Gasteiger partial charge in [-0.2, -0.15) is 0 Å². The van der Waals surface area contributed by atoms with Crippen LogP contribution in [0, 0.1) is 0 Å². The molecule has 0 amide bonds. The zero-order valence-electron chi connectivity index (χ0n) is 12.3. The number of aryl methyl sites for hydroxylation is 1. The van der Waals surface area contributed by atoms with E-state index in [0.717, 1.165) is 35.6 Å². The summed E-state index contributed by atoms with van der Waals surface area (Å²) in [5, 5.41) is 12.3. The van der Waals surface area contributed by atoms with Crippen LogP contribution in [0.25, 0.3) is 0 Å². The predicted octanol–water partition coefficient (Wildman–Crippen LogP) is 3.62. The van der Waals surface area contributed by atoms with E-state index in [0.29, 0.717) is 0 Å². The molecule has 1 aliphatic rings. The van der Waals surface area contributed by atoms with Gasteiger partial charge in [-0.05, 0) is 31.4 Å². The molecule has 0 saturated heterocycles. The number of hydrogen-bond donors (Lipinski definition) is 1. The smallest absolute Gasteiger partial charge is 0.149 e. The van der Waals surface area contributed by atoms with Gasteiger partial charge >= 0.3 is 0 Å². The van der Waals surface area contributed by atoms with E-state index in [1.165, 1.54) is 24.8 Å². The molecule has 1 aromatic heterocycles. The summed E-state index contributed by atoms with van der Waals surface area (Å²) in [6.45, 7) is 4.04. The first-order valence-corrected chi connectivity index (χ1v) is 8.44. The van der Waals surface area contributed by atoms with Crippen LogP contribution < -0.4 is 5.32 Å². The maximum absolute atomic E-state index is 4.41. The van der Waals surface area contributed by atoms with Gasteiger partial charge in [-0.3, -0.25) is 0 Å². The van der Waals surface area contributed by atoms with Gasteiger partial charge in [-0.25, -0.2) is 0 Å². The van der Waals surface area contributed by atoms with Gasteiger partial charge in [0.15, 0.2) is 0 Å². The average molecular weight is 349 g/mol. The van der Waals surface area contributed by atoms with Crippen molar-refractivity contribution in [3.63, 3.8) is 0 Å². The summed E-state index contributed by atoms with van der Waals surface area (Å²) in [7, 11) is 0. The van der Waals surface area contributed by atoms with Crippen molar-refractivity contribution < 1.29 is 0 Å². The zero-order valence-corrected chi connectivity index (χ0v) is 13.9. The first kappa shape index (κ1) is 14.7. The lowest BCUT2D eigenvalue weighted by molar-refractivity contribution is 0.501. The van der Waals surface area contributed by atoms with E-state index in [-0.39, 0.29) is 6.04 Å². The lowest BCUT2D eigenvalue weighted by atomic mass is 10.2. The summed E-state index contributed by atoms with van der Waals surface area (Å²) >= 11 is 3.59. The Bertz CT molecular complexity index is 608. The number of hydrogen-bond acceptors (Lipinski definition) is 3. The second kappa shape index (κ2) is 6.71. The molecule has 2 heterocycles. The predicted molar refractivity (Wildman–Crippen MR) is 87.0 cm³/mol. The maximum atomic E-state index is 4.41. The van der Waals surface area contributed by atoms with E-state index in [9.17, 15) is 0 Å². The standard InChI is InChI=1S/C16H21BrN4/c1-12(18-11-13-7-4-5-8-14(13)17)16-20-19-15-9-3-2-6-10-21(15)16/h4-5,7-8,12,18H,2-3,6,9-11H2,1H3. The number of fused-ring (bicyclic) bond motifs is 1. The van der Waals surface area contributed by atoms with Crippen LogP contribution in [0.4, 0.5) is 0 Å². The van der Waals surface area contributed by atoms with Crippen LogP contribution in [-0.4, -0.2) is 14.8 Å². The molecule has 0 radical (unpaired) electrons. The number of halogens is 1. The van der Waals surface area contributed by atoms with Crippen LogP contribution in [0.15, 0.2) is 28.7 Å². The molecule has 1 aromatic carbocycles. The van der Waals surface area contributed by atoms with Crippen LogP contribution in [0.5, 0.6) is 0 Å². The molecular formula is C16H21BrN4. The number of nitrogens with zero attached hydrogens (tertiary/aromatic N) is 3. The summed E-state index contributed by atoms with van der Waals surface area (Å²) in [6, 6.07) is 8.51. The fraction of sp³-hybridized carbons (Fsp3) is 0.500. The van der Waals surface area contributed by atoms with Crippen molar-refractivity contribution in [3.05, 3.63) is 46.0 Å². The minimum Gasteiger partial charge on any atom is -0.314 e. The molecule has 1 atom stereocenters. The van der Waals surface area contributed by atoms with Crippen LogP contribution in [-0.2, 0) is 19.5 Å². The molecule has 3 rings (SSSR count). The molecule has 2 aromatic rings. The normalized spacial score (nSPS) is 16.3. The maximum Gasteiger partial charge on any atom is 0.149 e. The lowest BCUT2D eigenvalue weighted by Gasteiger charge is -2.15. The van der Waals surface area contributed by atoms with E-state index in [1.54, 1.807) is 0 Å². The summed E-state index contributed by atoms with van der Waals surface area (Å²) in [4.78, 5) is 0. The van der Waals surface area contributed by atoms with Crippen LogP contribution >= 0.6 is 15.9 Å². The van der Waals surface area contributed by atoms with Crippen molar-refractivity contribution in [2.45, 2.75) is 51.7 Å². The van der Waals surface area contributed by atoms with Crippen molar-refractivity contribution in [3.8, 4) is 0 Å². The fourth-order valence-electron chi connectivity index (χ4n) is 2.82. The van der Waals surface area contributed by atoms with Crippen LogP contribution in [0.1, 0.15) is 49.4 Å². The van der Waals surface area contributed by atoms with Crippen LogP contribution in [0.3, 0.4) is 0 Å². The molecule has 21 heavy (non-hydrogen) atoms. The number of rotatable bonds is 4. The van der Waals surface area contributed by atoms with Gasteiger partial charge in [0.1, 0.15) is 11.6 Å². The van der Waals surface area contributed by atoms with Crippen molar-refractivity contribution >= 4 is 15.9 Å². The molecule has 1 unspecified atom stereocenters. The highest BCUT2D eigenvalue weighted by molar-refractivity contribution is 9.10. The Balaban J connectivity index is 1.70. The Morgan fingerprint density at radius 2 is 2.10 bits per heavy atom. The Morgan fingerprint density at radius 1 is 1.24 bits per heavy atom. The Labute approximate surface area is 134 Å². The lowest BCUT2D eigenvalue weighted by Crippen LogP contribution is -2.22. The summed E-state index contributed by atoms with van der Waals surface area (Å²) in [6.07, 6.45) is 4.82. The average Bonchev–Trinajstić information content (AvgIpc) is 2.75. The Morgan fingerprint density at radius 3 is 2.95 bits per heavy atom. The van der Waals surface area contributed by atoms with Gasteiger partial charge in [-0.15, -0.1) is 10.2 Å². The summed E-state index contributed by atoms with van der Waals surface area (Å²) in [5.41, 5.74) is 1.26. The molecule has 112 valence electrons. The van der Waals surface area contributed by atoms with E-state index in [4.69, 9.17) is 0 Å². The third-order valence-electron chi connectivity index (χ3n) is 4.08. The molecule has 1 N–H and O–H groups in total. The van der Waals surface area contributed by atoms with Gasteiger partial charge in [-0.1, -0.05) is 40.5 Å². The third kappa shape index (κ3) is 3.35. The monoisotopic (exact) mass is 348 g/mol. The quantitative estimate of drug-likeness (QED) is 0.917.